The lowest BCUT2D eigenvalue weighted by Crippen LogP contribution is -2.63. The number of amides is 1. The number of carbonyl (C=O) groups excluding carboxylic acids is 1. The van der Waals surface area contributed by atoms with Gasteiger partial charge in [-0.3, -0.25) is 14.6 Å². The summed E-state index contributed by atoms with van der Waals surface area (Å²) in [7, 11) is 0. The van der Waals surface area contributed by atoms with E-state index < -0.39 is 23.6 Å². The summed E-state index contributed by atoms with van der Waals surface area (Å²) in [6.07, 6.45) is 1.27. The van der Waals surface area contributed by atoms with Crippen LogP contribution in [0.15, 0.2) is 48.8 Å². The zero-order valence-electron chi connectivity index (χ0n) is 17.4. The van der Waals surface area contributed by atoms with Gasteiger partial charge in [0.05, 0.1) is 28.1 Å². The van der Waals surface area contributed by atoms with Crippen molar-refractivity contribution in [1.82, 2.24) is 14.9 Å². The Morgan fingerprint density at radius 2 is 1.91 bits per heavy atom. The number of pyridine rings is 1. The second kappa shape index (κ2) is 6.36. The average molecular weight is 455 g/mol. The number of carbonyl (C=O) groups is 2. The number of halogens is 3. The normalized spacial score (nSPS) is 29.4. The summed E-state index contributed by atoms with van der Waals surface area (Å²) in [4.78, 5) is 29.1. The lowest BCUT2D eigenvalue weighted by Gasteiger charge is -2.56. The van der Waals surface area contributed by atoms with Gasteiger partial charge in [0.15, 0.2) is 0 Å². The van der Waals surface area contributed by atoms with Gasteiger partial charge in [0.25, 0.3) is 5.91 Å². The number of nitrogens with zero attached hydrogens (tertiary/aromatic N) is 2. The van der Waals surface area contributed by atoms with Gasteiger partial charge in [0.1, 0.15) is 0 Å². The van der Waals surface area contributed by atoms with Crippen molar-refractivity contribution in [1.29, 1.82) is 0 Å². The third kappa shape index (κ3) is 2.71. The van der Waals surface area contributed by atoms with E-state index in [1.54, 1.807) is 29.1 Å². The molecular weight excluding hydrogens is 435 g/mol. The summed E-state index contributed by atoms with van der Waals surface area (Å²) in [5.74, 6) is -1.47. The first-order valence-corrected chi connectivity index (χ1v) is 10.8. The van der Waals surface area contributed by atoms with Crippen LogP contribution < -0.4 is 5.32 Å². The number of alkyl halides is 3. The number of hydrogen-bond donors (Lipinski definition) is 2. The fraction of sp³-hybridized carbons (Fsp3) is 0.375. The Morgan fingerprint density at radius 3 is 2.55 bits per heavy atom. The molecule has 2 N–H and O–H groups in total. The number of aliphatic carboxylic acids is 1. The summed E-state index contributed by atoms with van der Waals surface area (Å²) < 4.78 is 40.3. The van der Waals surface area contributed by atoms with Crippen LogP contribution in [-0.2, 0) is 17.5 Å². The van der Waals surface area contributed by atoms with E-state index in [1.165, 1.54) is 12.1 Å². The third-order valence-corrected chi connectivity index (χ3v) is 8.06. The van der Waals surface area contributed by atoms with E-state index in [0.29, 0.717) is 28.6 Å². The molecule has 0 saturated heterocycles. The smallest absolute Gasteiger partial charge is 0.416 e. The Bertz CT molecular complexity index is 1320. The van der Waals surface area contributed by atoms with Crippen LogP contribution in [0.2, 0.25) is 0 Å². The molecule has 170 valence electrons. The van der Waals surface area contributed by atoms with Crippen LogP contribution in [0, 0.1) is 16.7 Å². The number of fused-ring (bicyclic) bond motifs is 1. The summed E-state index contributed by atoms with van der Waals surface area (Å²) >= 11 is 0. The number of carboxylic acid groups (broad SMARTS) is 1. The van der Waals surface area contributed by atoms with Gasteiger partial charge in [-0.15, -0.1) is 0 Å². The molecule has 33 heavy (non-hydrogen) atoms. The van der Waals surface area contributed by atoms with Crippen molar-refractivity contribution in [2.24, 2.45) is 16.7 Å². The van der Waals surface area contributed by atoms with Crippen molar-refractivity contribution >= 4 is 22.9 Å². The number of rotatable bonds is 5. The summed E-state index contributed by atoms with van der Waals surface area (Å²) in [6, 6.07) is 8.16. The van der Waals surface area contributed by atoms with E-state index in [9.17, 15) is 27.9 Å². The van der Waals surface area contributed by atoms with Crippen LogP contribution in [0.5, 0.6) is 0 Å². The Morgan fingerprint density at radius 1 is 1.15 bits per heavy atom. The highest BCUT2D eigenvalue weighted by atomic mass is 19.4. The molecule has 1 amide bonds. The van der Waals surface area contributed by atoms with Gasteiger partial charge in [0.2, 0.25) is 0 Å². The maximum Gasteiger partial charge on any atom is 0.416 e. The molecule has 3 unspecified atom stereocenters. The van der Waals surface area contributed by atoms with Crippen LogP contribution >= 0.6 is 0 Å². The quantitative estimate of drug-likeness (QED) is 0.607. The second-order valence-electron chi connectivity index (χ2n) is 9.55. The molecule has 6 nitrogen and oxygen atoms in total. The van der Waals surface area contributed by atoms with E-state index in [2.05, 4.69) is 10.3 Å². The lowest BCUT2D eigenvalue weighted by molar-refractivity contribution is -0.161. The Labute approximate surface area is 186 Å². The summed E-state index contributed by atoms with van der Waals surface area (Å²) in [5, 5.41) is 12.5. The molecule has 1 aromatic carbocycles. The summed E-state index contributed by atoms with van der Waals surface area (Å²) in [5.41, 5.74) is 1.39. The second-order valence-corrected chi connectivity index (χ2v) is 9.55. The van der Waals surface area contributed by atoms with Gasteiger partial charge in [0, 0.05) is 30.4 Å². The molecule has 0 radical (unpaired) electrons. The molecule has 0 bridgehead atoms. The van der Waals surface area contributed by atoms with Crippen molar-refractivity contribution < 1.29 is 27.9 Å². The van der Waals surface area contributed by atoms with Gasteiger partial charge < -0.3 is 15.0 Å². The van der Waals surface area contributed by atoms with Crippen molar-refractivity contribution in [2.45, 2.75) is 38.0 Å². The highest BCUT2D eigenvalue weighted by Gasteiger charge is 2.90. The first-order chi connectivity index (χ1) is 15.6. The SMILES string of the molecule is O=C(NC1CC23C[C@@H](C(=O)O)C12C3)c1ccnc2ccn(Cc3ccc(C(F)(F)F)cc3)c12. The van der Waals surface area contributed by atoms with Gasteiger partial charge in [-0.2, -0.15) is 13.2 Å². The van der Waals surface area contributed by atoms with Crippen LogP contribution in [0.3, 0.4) is 0 Å². The van der Waals surface area contributed by atoms with E-state index in [-0.39, 0.29) is 29.3 Å². The number of nitrogens with one attached hydrogen (secondary N) is 1. The predicted molar refractivity (Wildman–Crippen MR) is 111 cm³/mol. The molecule has 3 aromatic rings. The molecule has 6 rings (SSSR count). The van der Waals surface area contributed by atoms with E-state index in [0.717, 1.165) is 25.0 Å². The largest absolute Gasteiger partial charge is 0.481 e. The zero-order valence-corrected chi connectivity index (χ0v) is 17.4. The molecule has 3 aliphatic carbocycles. The molecule has 2 heterocycles. The first-order valence-electron chi connectivity index (χ1n) is 10.8. The molecule has 9 heteroatoms. The van der Waals surface area contributed by atoms with Crippen LogP contribution in [0.1, 0.15) is 40.7 Å². The Balaban J connectivity index is 1.25. The summed E-state index contributed by atoms with van der Waals surface area (Å²) in [6.45, 7) is 0.283. The van der Waals surface area contributed by atoms with E-state index >= 15 is 0 Å². The topological polar surface area (TPSA) is 84.2 Å². The predicted octanol–water partition coefficient (Wildman–Crippen LogP) is 4.09. The fourth-order valence-electron chi connectivity index (χ4n) is 6.40. The standard InChI is InChI=1S/C24H20F3N3O3/c25-24(26,27)14-3-1-13(2-4-14)11-30-8-6-17-19(30)15(5-7-28-17)20(31)29-18-10-22-9-16(21(32)33)23(18,22)12-22/h1-8,16,18H,9-12H2,(H,29,31)(H,32,33)/t16-,18?,22?,23?/m0/s1. The van der Waals surface area contributed by atoms with Gasteiger partial charge in [-0.05, 0) is 54.5 Å². The minimum Gasteiger partial charge on any atom is -0.481 e. The monoisotopic (exact) mass is 455 g/mol. The maximum atomic E-state index is 13.2. The molecule has 0 aliphatic heterocycles. The minimum atomic E-state index is -4.39. The molecule has 0 spiro atoms. The van der Waals surface area contributed by atoms with Crippen LogP contribution in [-0.4, -0.2) is 32.6 Å². The number of carboxylic acids is 1. The highest BCUT2D eigenvalue weighted by Crippen LogP contribution is 2.90. The van der Waals surface area contributed by atoms with Gasteiger partial charge in [-0.25, -0.2) is 0 Å². The number of hydrogen-bond acceptors (Lipinski definition) is 3. The molecule has 3 saturated carbocycles. The van der Waals surface area contributed by atoms with Crippen molar-refractivity contribution in [3.8, 4) is 0 Å². The fourth-order valence-corrected chi connectivity index (χ4v) is 6.40. The minimum absolute atomic E-state index is 0.115. The number of aromatic nitrogens is 2. The van der Waals surface area contributed by atoms with Crippen LogP contribution in [0.4, 0.5) is 13.2 Å². The number of benzene rings is 1. The van der Waals surface area contributed by atoms with E-state index in [1.807, 2.05) is 0 Å². The highest BCUT2D eigenvalue weighted by molar-refractivity contribution is 6.05. The van der Waals surface area contributed by atoms with Crippen LogP contribution in [0.25, 0.3) is 11.0 Å². The lowest BCUT2D eigenvalue weighted by atomic mass is 9.50. The average Bonchev–Trinajstić information content (AvgIpc) is 3.09. The van der Waals surface area contributed by atoms with Crippen molar-refractivity contribution in [3.63, 3.8) is 0 Å². The molecule has 3 fully saturated rings. The van der Waals surface area contributed by atoms with Crippen molar-refractivity contribution in [2.75, 3.05) is 0 Å². The Hall–Kier alpha value is -3.36. The molecular formula is C24H20F3N3O3. The zero-order chi connectivity index (χ0) is 23.2. The van der Waals surface area contributed by atoms with Gasteiger partial charge in [-0.1, -0.05) is 12.1 Å². The molecule has 4 atom stereocenters. The maximum absolute atomic E-state index is 13.2. The molecule has 2 aromatic heterocycles. The third-order valence-electron chi connectivity index (χ3n) is 8.06. The van der Waals surface area contributed by atoms with Crippen molar-refractivity contribution in [3.05, 3.63) is 65.5 Å². The Kier molecular flexibility index (Phi) is 3.91. The van der Waals surface area contributed by atoms with E-state index in [4.69, 9.17) is 0 Å². The first kappa shape index (κ1) is 20.3. The van der Waals surface area contributed by atoms with Gasteiger partial charge >= 0.3 is 12.1 Å². The molecule has 3 aliphatic rings.